The van der Waals surface area contributed by atoms with E-state index in [4.69, 9.17) is 9.84 Å². The summed E-state index contributed by atoms with van der Waals surface area (Å²) in [6.45, 7) is 0. The van der Waals surface area contributed by atoms with Gasteiger partial charge in [0.2, 0.25) is 0 Å². The van der Waals surface area contributed by atoms with Crippen LogP contribution >= 0.6 is 0 Å². The number of nitrogens with one attached hydrogen (secondary N) is 1. The number of carbonyl (C=O) groups is 1. The molecule has 0 fully saturated rings. The Morgan fingerprint density at radius 2 is 1.90 bits per heavy atom. The number of phenols is 2. The fraction of sp³-hybridized carbons (Fsp3) is 0.0667. The van der Waals surface area contributed by atoms with Gasteiger partial charge in [0, 0.05) is 5.56 Å². The first kappa shape index (κ1) is 14.4. The lowest BCUT2D eigenvalue weighted by molar-refractivity contribution is 0.0955. The topological polar surface area (TPSA) is 91.2 Å². The monoisotopic (exact) mass is 286 g/mol. The number of ether oxygens (including phenoxy) is 1. The van der Waals surface area contributed by atoms with Crippen LogP contribution in [0.2, 0.25) is 0 Å². The van der Waals surface area contributed by atoms with Gasteiger partial charge in [-0.3, -0.25) is 4.79 Å². The number of aromatic hydroxyl groups is 2. The van der Waals surface area contributed by atoms with Gasteiger partial charge in [-0.05, 0) is 48.0 Å². The maximum atomic E-state index is 11.8. The summed E-state index contributed by atoms with van der Waals surface area (Å²) in [6.07, 6.45) is 1.43. The molecule has 0 aliphatic carbocycles. The van der Waals surface area contributed by atoms with Crippen LogP contribution in [0.1, 0.15) is 15.9 Å². The fourth-order valence-corrected chi connectivity index (χ4v) is 1.62. The lowest BCUT2D eigenvalue weighted by Gasteiger charge is -2.03. The molecule has 0 aliphatic rings. The Kier molecular flexibility index (Phi) is 4.40. The van der Waals surface area contributed by atoms with Gasteiger partial charge in [0.1, 0.15) is 5.75 Å². The molecule has 0 saturated carbocycles. The highest BCUT2D eigenvalue weighted by atomic mass is 16.5. The molecular formula is C15H14N2O4. The standard InChI is InChI=1S/C15H14N2O4/c1-21-14-8-10(2-7-13(14)19)9-16-17-15(20)11-3-5-12(18)6-4-11/h2-9,18-19H,1H3,(H,17,20)/b16-9-. The molecule has 0 bridgehead atoms. The van der Waals surface area contributed by atoms with Crippen LogP contribution in [0, 0.1) is 0 Å². The van der Waals surface area contributed by atoms with Gasteiger partial charge in [-0.15, -0.1) is 0 Å². The summed E-state index contributed by atoms with van der Waals surface area (Å²) in [4.78, 5) is 11.8. The molecule has 0 atom stereocenters. The Hall–Kier alpha value is -3.02. The van der Waals surface area contributed by atoms with Crippen molar-refractivity contribution in [2.24, 2.45) is 5.10 Å². The van der Waals surface area contributed by atoms with Crippen LogP contribution in [-0.4, -0.2) is 29.4 Å². The Morgan fingerprint density at radius 1 is 1.19 bits per heavy atom. The van der Waals surface area contributed by atoms with E-state index in [1.54, 1.807) is 12.1 Å². The van der Waals surface area contributed by atoms with Crippen molar-refractivity contribution >= 4 is 12.1 Å². The Bertz CT molecular complexity index is 666. The molecule has 2 aromatic rings. The number of hydrazone groups is 1. The van der Waals surface area contributed by atoms with E-state index in [0.717, 1.165) is 0 Å². The van der Waals surface area contributed by atoms with Gasteiger partial charge >= 0.3 is 0 Å². The number of amides is 1. The number of hydrogen-bond donors (Lipinski definition) is 3. The van der Waals surface area contributed by atoms with Crippen molar-refractivity contribution in [3.05, 3.63) is 53.6 Å². The van der Waals surface area contributed by atoms with Gasteiger partial charge in [0.05, 0.1) is 13.3 Å². The van der Waals surface area contributed by atoms with Crippen LogP contribution in [0.4, 0.5) is 0 Å². The van der Waals surface area contributed by atoms with Gasteiger partial charge in [-0.1, -0.05) is 0 Å². The molecule has 1 amide bonds. The first-order valence-electron chi connectivity index (χ1n) is 6.09. The minimum atomic E-state index is -0.392. The fourth-order valence-electron chi connectivity index (χ4n) is 1.62. The molecule has 2 rings (SSSR count). The Labute approximate surface area is 121 Å². The normalized spacial score (nSPS) is 10.5. The Balaban J connectivity index is 2.02. The molecule has 0 saturated heterocycles. The number of hydrogen-bond acceptors (Lipinski definition) is 5. The highest BCUT2D eigenvalue weighted by molar-refractivity contribution is 5.95. The third-order valence-electron chi connectivity index (χ3n) is 2.71. The van der Waals surface area contributed by atoms with Gasteiger partial charge in [0.25, 0.3) is 5.91 Å². The van der Waals surface area contributed by atoms with E-state index in [0.29, 0.717) is 16.9 Å². The third-order valence-corrected chi connectivity index (χ3v) is 2.71. The van der Waals surface area contributed by atoms with E-state index in [1.165, 1.54) is 43.7 Å². The van der Waals surface area contributed by atoms with Crippen LogP contribution in [0.5, 0.6) is 17.2 Å². The van der Waals surface area contributed by atoms with E-state index >= 15 is 0 Å². The van der Waals surface area contributed by atoms with Crippen molar-refractivity contribution in [1.29, 1.82) is 0 Å². The van der Waals surface area contributed by atoms with Gasteiger partial charge in [-0.25, -0.2) is 5.43 Å². The minimum Gasteiger partial charge on any atom is -0.508 e. The SMILES string of the molecule is COc1cc(/C=N\NC(=O)c2ccc(O)cc2)ccc1O. The second-order valence-electron chi connectivity index (χ2n) is 4.18. The van der Waals surface area contributed by atoms with E-state index in [2.05, 4.69) is 10.5 Å². The molecule has 0 aromatic heterocycles. The van der Waals surface area contributed by atoms with Gasteiger partial charge < -0.3 is 14.9 Å². The first-order chi connectivity index (χ1) is 10.1. The van der Waals surface area contributed by atoms with Crippen molar-refractivity contribution in [3.8, 4) is 17.2 Å². The lowest BCUT2D eigenvalue weighted by Crippen LogP contribution is -2.17. The summed E-state index contributed by atoms with van der Waals surface area (Å²) in [5.41, 5.74) is 3.41. The number of phenolic OH excluding ortho intramolecular Hbond substituents is 2. The third kappa shape index (κ3) is 3.73. The molecule has 2 aromatic carbocycles. The van der Waals surface area contributed by atoms with Crippen molar-refractivity contribution in [2.45, 2.75) is 0 Å². The molecule has 21 heavy (non-hydrogen) atoms. The van der Waals surface area contributed by atoms with Crippen LogP contribution in [0.25, 0.3) is 0 Å². The van der Waals surface area contributed by atoms with Gasteiger partial charge in [-0.2, -0.15) is 5.10 Å². The molecule has 0 unspecified atom stereocenters. The lowest BCUT2D eigenvalue weighted by atomic mass is 10.2. The number of carbonyl (C=O) groups excluding carboxylic acids is 1. The van der Waals surface area contributed by atoms with E-state index in [9.17, 15) is 9.90 Å². The molecule has 108 valence electrons. The molecule has 0 radical (unpaired) electrons. The van der Waals surface area contributed by atoms with Gasteiger partial charge in [0.15, 0.2) is 11.5 Å². The molecule has 6 nitrogen and oxygen atoms in total. The predicted octanol–water partition coefficient (Wildman–Crippen LogP) is 1.87. The minimum absolute atomic E-state index is 0.0304. The largest absolute Gasteiger partial charge is 0.508 e. The van der Waals surface area contributed by atoms with Crippen LogP contribution < -0.4 is 10.2 Å². The predicted molar refractivity (Wildman–Crippen MR) is 77.8 cm³/mol. The van der Waals surface area contributed by atoms with E-state index in [-0.39, 0.29) is 11.5 Å². The number of methoxy groups -OCH3 is 1. The zero-order valence-electron chi connectivity index (χ0n) is 11.3. The van der Waals surface area contributed by atoms with Crippen LogP contribution in [-0.2, 0) is 0 Å². The second-order valence-corrected chi connectivity index (χ2v) is 4.18. The number of rotatable bonds is 4. The average Bonchev–Trinajstić information content (AvgIpc) is 2.49. The molecule has 6 heteroatoms. The summed E-state index contributed by atoms with van der Waals surface area (Å²) < 4.78 is 4.97. The van der Waals surface area contributed by atoms with Crippen LogP contribution in [0.3, 0.4) is 0 Å². The van der Waals surface area contributed by atoms with E-state index in [1.807, 2.05) is 0 Å². The van der Waals surface area contributed by atoms with Crippen LogP contribution in [0.15, 0.2) is 47.6 Å². The maximum Gasteiger partial charge on any atom is 0.271 e. The molecular weight excluding hydrogens is 272 g/mol. The zero-order chi connectivity index (χ0) is 15.2. The number of nitrogens with zero attached hydrogens (tertiary/aromatic N) is 1. The molecule has 3 N–H and O–H groups in total. The van der Waals surface area contributed by atoms with Crippen molar-refractivity contribution < 1.29 is 19.7 Å². The highest BCUT2D eigenvalue weighted by Gasteiger charge is 2.04. The summed E-state index contributed by atoms with van der Waals surface area (Å²) in [6, 6.07) is 10.5. The second kappa shape index (κ2) is 6.42. The summed E-state index contributed by atoms with van der Waals surface area (Å²) in [5.74, 6) is 0.0508. The maximum absolute atomic E-state index is 11.8. The first-order valence-corrected chi connectivity index (χ1v) is 6.09. The molecule has 0 spiro atoms. The summed E-state index contributed by atoms with van der Waals surface area (Å²) in [5, 5.41) is 22.4. The summed E-state index contributed by atoms with van der Waals surface area (Å²) >= 11 is 0. The Morgan fingerprint density at radius 3 is 2.57 bits per heavy atom. The quantitative estimate of drug-likeness (QED) is 0.591. The zero-order valence-corrected chi connectivity index (χ0v) is 11.3. The smallest absolute Gasteiger partial charge is 0.271 e. The van der Waals surface area contributed by atoms with Crippen molar-refractivity contribution in [2.75, 3.05) is 7.11 Å². The van der Waals surface area contributed by atoms with Crippen molar-refractivity contribution in [3.63, 3.8) is 0 Å². The summed E-state index contributed by atoms with van der Waals surface area (Å²) in [7, 11) is 1.45. The van der Waals surface area contributed by atoms with E-state index < -0.39 is 5.91 Å². The average molecular weight is 286 g/mol. The van der Waals surface area contributed by atoms with Crippen molar-refractivity contribution in [1.82, 2.24) is 5.43 Å². The molecule has 0 heterocycles. The number of benzene rings is 2. The molecule has 0 aliphatic heterocycles. The highest BCUT2D eigenvalue weighted by Crippen LogP contribution is 2.25.